The first kappa shape index (κ1) is 21.7. The summed E-state index contributed by atoms with van der Waals surface area (Å²) in [6, 6.07) is 12.3. The van der Waals surface area contributed by atoms with Gasteiger partial charge in [-0.15, -0.1) is 0 Å². The largest absolute Gasteiger partial charge is 0.489 e. The molecule has 7 nitrogen and oxygen atoms in total. The van der Waals surface area contributed by atoms with Crippen molar-refractivity contribution in [1.82, 2.24) is 10.7 Å². The zero-order valence-electron chi connectivity index (χ0n) is 15.1. The lowest BCUT2D eigenvalue weighted by molar-refractivity contribution is -0.139. The van der Waals surface area contributed by atoms with Crippen molar-refractivity contribution < 1.29 is 19.1 Å². The minimum atomic E-state index is -0.867. The maximum atomic E-state index is 11.6. The van der Waals surface area contributed by atoms with Crippen LogP contribution < -0.4 is 15.5 Å². The number of halogens is 2. The van der Waals surface area contributed by atoms with Crippen LogP contribution in [0.5, 0.6) is 5.75 Å². The maximum Gasteiger partial charge on any atom is 0.329 e. The first-order chi connectivity index (χ1) is 13.5. The van der Waals surface area contributed by atoms with E-state index in [1.54, 1.807) is 42.5 Å². The van der Waals surface area contributed by atoms with Crippen molar-refractivity contribution >= 4 is 41.2 Å². The number of hydrogen-bond acceptors (Lipinski definition) is 5. The number of carbonyl (C=O) groups is 2. The number of carbonyl (C=O) groups excluding carboxylic acids is 2. The van der Waals surface area contributed by atoms with E-state index in [-0.39, 0.29) is 13.2 Å². The van der Waals surface area contributed by atoms with E-state index in [0.29, 0.717) is 33.5 Å². The summed E-state index contributed by atoms with van der Waals surface area (Å²) < 4.78 is 10.5. The lowest BCUT2D eigenvalue weighted by Crippen LogP contribution is -2.39. The highest BCUT2D eigenvalue weighted by Gasteiger charge is 2.11. The molecule has 0 spiro atoms. The highest BCUT2D eigenvalue weighted by atomic mass is 35.5. The number of methoxy groups -OCH3 is 1. The van der Waals surface area contributed by atoms with Crippen LogP contribution in [-0.2, 0) is 20.9 Å². The molecule has 0 aliphatic heterocycles. The number of ether oxygens (including phenoxy) is 2. The van der Waals surface area contributed by atoms with Gasteiger partial charge in [-0.3, -0.25) is 9.59 Å². The van der Waals surface area contributed by atoms with Gasteiger partial charge in [-0.1, -0.05) is 41.4 Å². The van der Waals surface area contributed by atoms with Gasteiger partial charge in [0.2, 0.25) is 0 Å². The Labute approximate surface area is 172 Å². The molecule has 2 amide bonds. The van der Waals surface area contributed by atoms with Crippen molar-refractivity contribution in [2.75, 3.05) is 20.3 Å². The van der Waals surface area contributed by atoms with Gasteiger partial charge in [-0.05, 0) is 29.8 Å². The smallest absolute Gasteiger partial charge is 0.329 e. The molecule has 9 heteroatoms. The van der Waals surface area contributed by atoms with Crippen molar-refractivity contribution in [3.05, 3.63) is 63.6 Å². The molecule has 0 bridgehead atoms. The van der Waals surface area contributed by atoms with Gasteiger partial charge in [-0.25, -0.2) is 5.43 Å². The Kier molecular flexibility index (Phi) is 8.74. The molecule has 2 N–H and O–H groups in total. The molecule has 0 aliphatic rings. The third-order valence-corrected chi connectivity index (χ3v) is 4.19. The van der Waals surface area contributed by atoms with Crippen molar-refractivity contribution in [3.8, 4) is 5.75 Å². The molecule has 0 aliphatic carbocycles. The Balaban J connectivity index is 1.89. The lowest BCUT2D eigenvalue weighted by Gasteiger charge is -2.09. The van der Waals surface area contributed by atoms with Crippen LogP contribution in [0.25, 0.3) is 0 Å². The second kappa shape index (κ2) is 11.3. The standard InChI is InChI=1S/C19H19Cl2N3O4/c1-27-9-8-22-18(25)19(26)24-23-11-13-4-2-5-14(10-13)28-12-15-16(20)6-3-7-17(15)21/h2-7,10-11H,8-9,12H2,1H3,(H,22,25)(H,24,26)/b23-11-. The molecule has 0 saturated carbocycles. The minimum absolute atomic E-state index is 0.206. The van der Waals surface area contributed by atoms with E-state index in [9.17, 15) is 9.59 Å². The van der Waals surface area contributed by atoms with E-state index < -0.39 is 11.8 Å². The van der Waals surface area contributed by atoms with Gasteiger partial charge in [-0.2, -0.15) is 5.10 Å². The van der Waals surface area contributed by atoms with Crippen molar-refractivity contribution in [1.29, 1.82) is 0 Å². The number of hydrogen-bond donors (Lipinski definition) is 2. The Bertz CT molecular complexity index is 839. The Hall–Kier alpha value is -2.61. The number of amides is 2. The van der Waals surface area contributed by atoms with E-state index in [1.165, 1.54) is 13.3 Å². The molecule has 148 valence electrons. The third kappa shape index (κ3) is 6.84. The van der Waals surface area contributed by atoms with E-state index >= 15 is 0 Å². The summed E-state index contributed by atoms with van der Waals surface area (Å²) in [6.45, 7) is 0.757. The monoisotopic (exact) mass is 423 g/mol. The quantitative estimate of drug-likeness (QED) is 0.295. The Morgan fingerprint density at radius 1 is 1.11 bits per heavy atom. The van der Waals surface area contributed by atoms with Gasteiger partial charge in [0.15, 0.2) is 0 Å². The van der Waals surface area contributed by atoms with Crippen LogP contribution in [0.3, 0.4) is 0 Å². The third-order valence-electron chi connectivity index (χ3n) is 3.48. The average molecular weight is 424 g/mol. The van der Waals surface area contributed by atoms with Gasteiger partial charge in [0.05, 0.1) is 12.8 Å². The molecule has 28 heavy (non-hydrogen) atoms. The summed E-state index contributed by atoms with van der Waals surface area (Å²) in [7, 11) is 1.50. The lowest BCUT2D eigenvalue weighted by atomic mass is 10.2. The van der Waals surface area contributed by atoms with Gasteiger partial charge in [0, 0.05) is 29.3 Å². The summed E-state index contributed by atoms with van der Waals surface area (Å²) >= 11 is 12.3. The first-order valence-corrected chi connectivity index (χ1v) is 9.02. The van der Waals surface area contributed by atoms with Crippen LogP contribution in [0.1, 0.15) is 11.1 Å². The number of benzene rings is 2. The van der Waals surface area contributed by atoms with Gasteiger partial charge in [0.25, 0.3) is 0 Å². The number of nitrogens with one attached hydrogen (secondary N) is 2. The van der Waals surface area contributed by atoms with Gasteiger partial charge < -0.3 is 14.8 Å². The highest BCUT2D eigenvalue weighted by Crippen LogP contribution is 2.25. The second-order valence-corrected chi connectivity index (χ2v) is 6.32. The molecule has 0 unspecified atom stereocenters. The molecule has 2 rings (SSSR count). The Morgan fingerprint density at radius 2 is 1.82 bits per heavy atom. The summed E-state index contributed by atoms with van der Waals surface area (Å²) in [4.78, 5) is 23.1. The minimum Gasteiger partial charge on any atom is -0.489 e. The van der Waals surface area contributed by atoms with Crippen LogP contribution in [0.2, 0.25) is 10.0 Å². The fourth-order valence-electron chi connectivity index (χ4n) is 2.07. The van der Waals surface area contributed by atoms with Crippen molar-refractivity contribution in [2.45, 2.75) is 6.61 Å². The number of hydrazone groups is 1. The van der Waals surface area contributed by atoms with Crippen molar-refractivity contribution in [3.63, 3.8) is 0 Å². The van der Waals surface area contributed by atoms with Crippen LogP contribution >= 0.6 is 23.2 Å². The van der Waals surface area contributed by atoms with Crippen molar-refractivity contribution in [2.24, 2.45) is 5.10 Å². The van der Waals surface area contributed by atoms with E-state index in [0.717, 1.165) is 0 Å². The molecule has 0 heterocycles. The topological polar surface area (TPSA) is 89.0 Å². The molecular formula is C19H19Cl2N3O4. The maximum absolute atomic E-state index is 11.6. The fraction of sp³-hybridized carbons (Fsp3) is 0.211. The molecule has 0 atom stereocenters. The molecule has 2 aromatic carbocycles. The Morgan fingerprint density at radius 3 is 2.54 bits per heavy atom. The molecule has 0 aromatic heterocycles. The zero-order chi connectivity index (χ0) is 20.4. The molecule has 0 saturated heterocycles. The summed E-state index contributed by atoms with van der Waals surface area (Å²) in [5.41, 5.74) is 3.51. The fourth-order valence-corrected chi connectivity index (χ4v) is 2.58. The highest BCUT2D eigenvalue weighted by molar-refractivity contribution is 6.36. The average Bonchev–Trinajstić information content (AvgIpc) is 2.68. The molecule has 2 aromatic rings. The first-order valence-electron chi connectivity index (χ1n) is 8.27. The van der Waals surface area contributed by atoms with Crippen LogP contribution in [0, 0.1) is 0 Å². The molecule has 0 radical (unpaired) electrons. The second-order valence-electron chi connectivity index (χ2n) is 5.51. The van der Waals surface area contributed by atoms with Crippen LogP contribution in [0.15, 0.2) is 47.6 Å². The summed E-state index contributed by atoms with van der Waals surface area (Å²) in [5.74, 6) is -1.08. The van der Waals surface area contributed by atoms with E-state index in [2.05, 4.69) is 15.8 Å². The van der Waals surface area contributed by atoms with E-state index in [4.69, 9.17) is 32.7 Å². The molecule has 0 fully saturated rings. The summed E-state index contributed by atoms with van der Waals surface area (Å²) in [5, 5.41) is 7.20. The van der Waals surface area contributed by atoms with E-state index in [1.807, 2.05) is 0 Å². The van der Waals surface area contributed by atoms with Gasteiger partial charge in [0.1, 0.15) is 12.4 Å². The number of nitrogens with zero attached hydrogens (tertiary/aromatic N) is 1. The predicted molar refractivity (Wildman–Crippen MR) is 108 cm³/mol. The van der Waals surface area contributed by atoms with Crippen LogP contribution in [-0.4, -0.2) is 38.3 Å². The number of rotatable bonds is 8. The van der Waals surface area contributed by atoms with Crippen LogP contribution in [0.4, 0.5) is 0 Å². The molecular weight excluding hydrogens is 405 g/mol. The summed E-state index contributed by atoms with van der Waals surface area (Å²) in [6.07, 6.45) is 1.40. The normalized spacial score (nSPS) is 10.7. The SMILES string of the molecule is COCCNC(=O)C(=O)N/N=C\c1cccc(OCc2c(Cl)cccc2Cl)c1. The predicted octanol–water partition coefficient (Wildman–Crippen LogP) is 2.79. The van der Waals surface area contributed by atoms with Gasteiger partial charge >= 0.3 is 11.8 Å². The zero-order valence-corrected chi connectivity index (χ0v) is 16.6.